The Balaban J connectivity index is 2.77. The van der Waals surface area contributed by atoms with Crippen LogP contribution in [0.4, 0.5) is 0 Å². The Kier molecular flexibility index (Phi) is 3.62. The van der Waals surface area contributed by atoms with E-state index in [4.69, 9.17) is 5.26 Å². The summed E-state index contributed by atoms with van der Waals surface area (Å²) in [6.45, 7) is 1.24. The molecule has 1 aliphatic rings. The van der Waals surface area contributed by atoms with Gasteiger partial charge in [-0.05, 0) is 12.8 Å². The minimum absolute atomic E-state index is 0.135. The van der Waals surface area contributed by atoms with Gasteiger partial charge in [-0.25, -0.2) is 4.79 Å². The summed E-state index contributed by atoms with van der Waals surface area (Å²) in [6.07, 6.45) is 7.50. The predicted molar refractivity (Wildman–Crippen MR) is 51.3 cm³/mol. The Morgan fingerprint density at radius 2 is 2.43 bits per heavy atom. The van der Waals surface area contributed by atoms with Crippen LogP contribution in [-0.4, -0.2) is 11.7 Å². The lowest BCUT2D eigenvalue weighted by molar-refractivity contribution is -0.140. The largest absolute Gasteiger partial charge is 0.332 e. The lowest BCUT2D eigenvalue weighted by Gasteiger charge is -2.02. The first-order chi connectivity index (χ1) is 6.74. The maximum absolute atomic E-state index is 10.5. The van der Waals surface area contributed by atoms with E-state index in [0.29, 0.717) is 5.57 Å². The minimum Gasteiger partial charge on any atom is -0.317 e. The standard InChI is InChI=1S/C10H10N2O2/c1-8(13)14-12-10(7-11)9-5-3-2-4-6-9/h3,5-6H,2,4H2,1H3/b12-10+. The van der Waals surface area contributed by atoms with Gasteiger partial charge in [0.05, 0.1) is 0 Å². The normalized spacial score (nSPS) is 15.7. The molecular formula is C10H10N2O2. The number of carbonyl (C=O) groups excluding carboxylic acids is 1. The Morgan fingerprint density at radius 3 is 2.93 bits per heavy atom. The molecule has 0 aromatic carbocycles. The van der Waals surface area contributed by atoms with E-state index in [0.717, 1.165) is 12.8 Å². The van der Waals surface area contributed by atoms with Crippen molar-refractivity contribution in [2.24, 2.45) is 5.16 Å². The van der Waals surface area contributed by atoms with Crippen LogP contribution in [0.25, 0.3) is 0 Å². The summed E-state index contributed by atoms with van der Waals surface area (Å²) < 4.78 is 0. The van der Waals surface area contributed by atoms with Gasteiger partial charge in [-0.2, -0.15) is 5.26 Å². The maximum Gasteiger partial charge on any atom is 0.332 e. The van der Waals surface area contributed by atoms with Crippen LogP contribution in [0.2, 0.25) is 0 Å². The van der Waals surface area contributed by atoms with Crippen molar-refractivity contribution in [3.63, 3.8) is 0 Å². The van der Waals surface area contributed by atoms with E-state index in [-0.39, 0.29) is 5.71 Å². The summed E-state index contributed by atoms with van der Waals surface area (Å²) in [5.74, 6) is -0.530. The smallest absolute Gasteiger partial charge is 0.317 e. The highest BCUT2D eigenvalue weighted by molar-refractivity contribution is 6.13. The van der Waals surface area contributed by atoms with Gasteiger partial charge < -0.3 is 4.84 Å². The SMILES string of the molecule is CC(=O)O/N=C(\C#N)C1=CCCC=C1. The lowest BCUT2D eigenvalue weighted by atomic mass is 10.0. The maximum atomic E-state index is 10.5. The zero-order valence-corrected chi connectivity index (χ0v) is 7.86. The summed E-state index contributed by atoms with van der Waals surface area (Å²) in [5.41, 5.74) is 0.844. The molecule has 0 spiro atoms. The molecule has 0 N–H and O–H groups in total. The number of hydrogen-bond donors (Lipinski definition) is 0. The molecule has 0 saturated carbocycles. The molecule has 0 saturated heterocycles. The van der Waals surface area contributed by atoms with Gasteiger partial charge in [0.15, 0.2) is 5.71 Å². The van der Waals surface area contributed by atoms with Crippen LogP contribution in [0.1, 0.15) is 19.8 Å². The third kappa shape index (κ3) is 2.87. The molecule has 0 radical (unpaired) electrons. The molecule has 0 aliphatic heterocycles. The zero-order chi connectivity index (χ0) is 10.4. The number of allylic oxidation sites excluding steroid dienone is 4. The average Bonchev–Trinajstić information content (AvgIpc) is 2.20. The van der Waals surface area contributed by atoms with E-state index in [1.165, 1.54) is 6.92 Å². The quantitative estimate of drug-likeness (QED) is 0.378. The minimum atomic E-state index is -0.530. The third-order valence-corrected chi connectivity index (χ3v) is 1.64. The molecule has 0 fully saturated rings. The summed E-state index contributed by atoms with van der Waals surface area (Å²) in [4.78, 5) is 14.9. The molecule has 0 bridgehead atoms. The summed E-state index contributed by atoms with van der Waals surface area (Å²) in [6, 6.07) is 1.88. The lowest BCUT2D eigenvalue weighted by Crippen LogP contribution is -2.03. The molecule has 1 aliphatic carbocycles. The van der Waals surface area contributed by atoms with Gasteiger partial charge in [0.1, 0.15) is 6.07 Å². The van der Waals surface area contributed by atoms with E-state index < -0.39 is 5.97 Å². The van der Waals surface area contributed by atoms with Gasteiger partial charge in [0, 0.05) is 12.5 Å². The summed E-state index contributed by atoms with van der Waals surface area (Å²) in [7, 11) is 0. The molecule has 0 amide bonds. The molecule has 1 rings (SSSR count). The molecule has 4 heteroatoms. The molecule has 0 unspecified atom stereocenters. The van der Waals surface area contributed by atoms with Crippen LogP contribution in [0.5, 0.6) is 0 Å². The predicted octanol–water partition coefficient (Wildman–Crippen LogP) is 1.71. The molecule has 0 atom stereocenters. The summed E-state index contributed by atoms with van der Waals surface area (Å²) >= 11 is 0. The molecule has 0 aromatic rings. The fraction of sp³-hybridized carbons (Fsp3) is 0.300. The Morgan fingerprint density at radius 1 is 1.64 bits per heavy atom. The van der Waals surface area contributed by atoms with E-state index in [9.17, 15) is 4.79 Å². The first-order valence-corrected chi connectivity index (χ1v) is 4.27. The molecule has 14 heavy (non-hydrogen) atoms. The van der Waals surface area contributed by atoms with E-state index in [2.05, 4.69) is 9.99 Å². The van der Waals surface area contributed by atoms with Crippen molar-refractivity contribution in [1.29, 1.82) is 5.26 Å². The van der Waals surface area contributed by atoms with E-state index >= 15 is 0 Å². The Bertz CT molecular complexity index is 359. The van der Waals surface area contributed by atoms with Gasteiger partial charge in [0.2, 0.25) is 0 Å². The van der Waals surface area contributed by atoms with Crippen LogP contribution < -0.4 is 0 Å². The van der Waals surface area contributed by atoms with Crippen LogP contribution >= 0.6 is 0 Å². The fourth-order valence-electron chi connectivity index (χ4n) is 1.04. The van der Waals surface area contributed by atoms with Gasteiger partial charge >= 0.3 is 5.97 Å². The average molecular weight is 190 g/mol. The van der Waals surface area contributed by atoms with E-state index in [1.807, 2.05) is 18.2 Å². The fourth-order valence-corrected chi connectivity index (χ4v) is 1.04. The van der Waals surface area contributed by atoms with E-state index in [1.54, 1.807) is 6.08 Å². The van der Waals surface area contributed by atoms with Crippen molar-refractivity contribution in [2.45, 2.75) is 19.8 Å². The van der Waals surface area contributed by atoms with Gasteiger partial charge in [-0.1, -0.05) is 23.4 Å². The van der Waals surface area contributed by atoms with Gasteiger partial charge in [0.25, 0.3) is 0 Å². The number of oxime groups is 1. The number of nitrogens with zero attached hydrogens (tertiary/aromatic N) is 2. The first-order valence-electron chi connectivity index (χ1n) is 4.27. The number of hydrogen-bond acceptors (Lipinski definition) is 4. The summed E-state index contributed by atoms with van der Waals surface area (Å²) in [5, 5.41) is 12.2. The van der Waals surface area contributed by atoms with Crippen molar-refractivity contribution in [3.05, 3.63) is 23.8 Å². The molecular weight excluding hydrogens is 180 g/mol. The van der Waals surface area contributed by atoms with Crippen molar-refractivity contribution in [3.8, 4) is 6.07 Å². The first kappa shape index (κ1) is 10.2. The van der Waals surface area contributed by atoms with Crippen molar-refractivity contribution in [1.82, 2.24) is 0 Å². The monoisotopic (exact) mass is 190 g/mol. The molecule has 72 valence electrons. The van der Waals surface area contributed by atoms with Crippen molar-refractivity contribution in [2.75, 3.05) is 0 Å². The van der Waals surface area contributed by atoms with Crippen LogP contribution in [-0.2, 0) is 9.63 Å². The second-order valence-electron chi connectivity index (χ2n) is 2.77. The topological polar surface area (TPSA) is 62.4 Å². The highest BCUT2D eigenvalue weighted by Gasteiger charge is 2.06. The molecule has 0 heterocycles. The Labute approximate surface area is 82.2 Å². The number of rotatable bonds is 2. The highest BCUT2D eigenvalue weighted by Crippen LogP contribution is 2.11. The zero-order valence-electron chi connectivity index (χ0n) is 7.86. The Hall–Kier alpha value is -1.89. The number of nitriles is 1. The molecule has 4 nitrogen and oxygen atoms in total. The van der Waals surface area contributed by atoms with Crippen molar-refractivity contribution >= 4 is 11.7 Å². The van der Waals surface area contributed by atoms with Gasteiger partial charge in [-0.3, -0.25) is 0 Å². The second kappa shape index (κ2) is 4.97. The van der Waals surface area contributed by atoms with Gasteiger partial charge in [-0.15, -0.1) is 0 Å². The van der Waals surface area contributed by atoms with Crippen LogP contribution in [0.3, 0.4) is 0 Å². The highest BCUT2D eigenvalue weighted by atomic mass is 16.7. The van der Waals surface area contributed by atoms with Crippen molar-refractivity contribution < 1.29 is 9.63 Å². The van der Waals surface area contributed by atoms with Crippen LogP contribution in [0, 0.1) is 11.3 Å². The third-order valence-electron chi connectivity index (χ3n) is 1.64. The molecule has 0 aromatic heterocycles. The second-order valence-corrected chi connectivity index (χ2v) is 2.77. The van der Waals surface area contributed by atoms with Crippen LogP contribution in [0.15, 0.2) is 29.0 Å². The number of carbonyl (C=O) groups is 1.